The predicted molar refractivity (Wildman–Crippen MR) is 521 cm³/mol. The quantitative estimate of drug-likeness (QED) is 0.0527. The first kappa shape index (κ1) is 75.0. The molecule has 0 aromatic heterocycles. The third-order valence-corrected chi connectivity index (χ3v) is 37.9. The summed E-state index contributed by atoms with van der Waals surface area (Å²) in [6.45, 7) is 0. The van der Waals surface area contributed by atoms with Crippen LogP contribution in [0.1, 0.15) is 66.8 Å². The second-order valence-electron chi connectivity index (χ2n) is 31.3. The van der Waals surface area contributed by atoms with Crippen molar-refractivity contribution >= 4 is 122 Å². The summed E-state index contributed by atoms with van der Waals surface area (Å²) in [5.41, 5.74) is 27.8. The molecule has 0 spiro atoms. The van der Waals surface area contributed by atoms with Gasteiger partial charge in [0.2, 0.25) is 0 Å². The zero-order chi connectivity index (χ0) is 80.7. The van der Waals surface area contributed by atoms with Crippen molar-refractivity contribution in [3.8, 4) is 44.5 Å². The van der Waals surface area contributed by atoms with Crippen molar-refractivity contribution in [2.45, 2.75) is 0 Å². The fourth-order valence-corrected chi connectivity index (χ4v) is 31.3. The van der Waals surface area contributed by atoms with E-state index < -0.39 is 18.4 Å². The van der Waals surface area contributed by atoms with Gasteiger partial charge in [-0.2, -0.15) is 0 Å². The van der Waals surface area contributed by atoms with Crippen LogP contribution in [0.3, 0.4) is 0 Å². The maximum atomic E-state index is 2.51. The standard InChI is InChI=1S/4C30H21.Sn/c4*1-3-10-23(11-4-1)24-18-20-27(21-19-24)30(26-12-5-2-6-13-26)22-28-16-9-15-25-14-7-8-17-29(25)28;/h4*1,3-22H;. The molecule has 20 aromatic carbocycles. The summed E-state index contributed by atoms with van der Waals surface area (Å²) in [7, 11) is 0. The summed E-state index contributed by atoms with van der Waals surface area (Å²) in [5, 5.41) is 9.67. The molecule has 0 fully saturated rings. The Labute approximate surface area is 713 Å². The number of hydrogen-bond donors (Lipinski definition) is 0. The Morgan fingerprint density at radius 1 is 0.132 bits per heavy atom. The van der Waals surface area contributed by atoms with Crippen LogP contribution >= 0.6 is 0 Å². The molecule has 568 valence electrons. The molecule has 20 aromatic rings. The molecule has 121 heavy (non-hydrogen) atoms. The van der Waals surface area contributed by atoms with Crippen molar-refractivity contribution in [1.29, 1.82) is 0 Å². The van der Waals surface area contributed by atoms with E-state index in [1.165, 1.54) is 124 Å². The molecular formula is C120H84Sn. The van der Waals surface area contributed by atoms with Gasteiger partial charge in [-0.25, -0.2) is 0 Å². The molecule has 0 aliphatic heterocycles. The minimum absolute atomic E-state index is 1.13. The van der Waals surface area contributed by atoms with Crippen LogP contribution in [0, 0.1) is 0 Å². The number of hydrogen-bond acceptors (Lipinski definition) is 0. The van der Waals surface area contributed by atoms with Gasteiger partial charge < -0.3 is 0 Å². The van der Waals surface area contributed by atoms with Gasteiger partial charge in [0, 0.05) is 0 Å². The molecular weight excluding hydrogens is 1560 g/mol. The van der Waals surface area contributed by atoms with Crippen LogP contribution in [0.2, 0.25) is 0 Å². The molecule has 0 saturated carbocycles. The summed E-state index contributed by atoms with van der Waals surface area (Å²) in [5.74, 6) is 0. The van der Waals surface area contributed by atoms with E-state index >= 15 is 0 Å². The minimum atomic E-state index is -4.87. The summed E-state index contributed by atoms with van der Waals surface area (Å²) in [6, 6.07) is 181. The van der Waals surface area contributed by atoms with E-state index in [0.717, 1.165) is 66.8 Å². The van der Waals surface area contributed by atoms with Gasteiger partial charge in [-0.3, -0.25) is 0 Å². The van der Waals surface area contributed by atoms with Gasteiger partial charge in [0.25, 0.3) is 0 Å². The molecule has 0 amide bonds. The average Bonchev–Trinajstić information content (AvgIpc) is 0.724. The van der Waals surface area contributed by atoms with E-state index in [2.05, 4.69) is 510 Å². The van der Waals surface area contributed by atoms with E-state index in [9.17, 15) is 0 Å². The molecule has 0 atom stereocenters. The van der Waals surface area contributed by atoms with Crippen LogP contribution in [-0.4, -0.2) is 18.4 Å². The molecule has 0 aliphatic carbocycles. The first-order valence-electron chi connectivity index (χ1n) is 41.8. The van der Waals surface area contributed by atoms with Gasteiger partial charge >= 0.3 is 695 Å². The van der Waals surface area contributed by atoms with Gasteiger partial charge in [0.1, 0.15) is 0 Å². The van der Waals surface area contributed by atoms with Crippen LogP contribution in [0.4, 0.5) is 0 Å². The SMILES string of the molecule is C(=C(c1ccc(-c2ccccc2)cc1)c1cc[c]([Sn]([c]2ccc(C(=Cc3cccc4ccccc34)c3ccc(-c4ccccc4)cc3)cc2)([c]2ccc(C(=Cc3cccc4ccccc34)c3ccc(-c4ccccc4)cc3)cc2)[c]2ccc(C(=Cc3cccc4ccccc34)c3ccc(-c4ccccc4)cc3)cc2)cc1)c1cccc2ccccc12. The van der Waals surface area contributed by atoms with E-state index in [4.69, 9.17) is 0 Å². The van der Waals surface area contributed by atoms with E-state index in [-0.39, 0.29) is 0 Å². The zero-order valence-corrected chi connectivity index (χ0v) is 69.9. The first-order valence-corrected chi connectivity index (χ1v) is 47.5. The third-order valence-electron chi connectivity index (χ3n) is 24.2. The third kappa shape index (κ3) is 15.5. The summed E-state index contributed by atoms with van der Waals surface area (Å²) >= 11 is -4.87. The van der Waals surface area contributed by atoms with E-state index in [1.807, 2.05) is 0 Å². The fraction of sp³-hybridized carbons (Fsp3) is 0. The van der Waals surface area contributed by atoms with Crippen molar-refractivity contribution < 1.29 is 0 Å². The van der Waals surface area contributed by atoms with Crippen LogP contribution < -0.4 is 14.3 Å². The van der Waals surface area contributed by atoms with Crippen molar-refractivity contribution in [2.75, 3.05) is 0 Å². The summed E-state index contributed by atoms with van der Waals surface area (Å²) in [4.78, 5) is 0. The molecule has 0 nitrogen and oxygen atoms in total. The number of rotatable bonds is 20. The predicted octanol–water partition coefficient (Wildman–Crippen LogP) is 28.7. The number of fused-ring (bicyclic) bond motifs is 4. The van der Waals surface area contributed by atoms with E-state index in [0.29, 0.717) is 0 Å². The van der Waals surface area contributed by atoms with Gasteiger partial charge in [-0.1, -0.05) is 24.3 Å². The molecule has 0 radical (unpaired) electrons. The van der Waals surface area contributed by atoms with Gasteiger partial charge in [-0.05, 0) is 0 Å². The monoisotopic (exact) mass is 1640 g/mol. The van der Waals surface area contributed by atoms with Gasteiger partial charge in [0.05, 0.1) is 0 Å². The molecule has 1 heteroatoms. The molecule has 0 saturated heterocycles. The number of benzene rings is 20. The fourth-order valence-electron chi connectivity index (χ4n) is 18.0. The van der Waals surface area contributed by atoms with E-state index in [1.54, 1.807) is 0 Å². The Bertz CT molecular complexity index is 6320. The van der Waals surface area contributed by atoms with Crippen LogP contribution in [0.5, 0.6) is 0 Å². The van der Waals surface area contributed by atoms with Crippen molar-refractivity contribution in [3.63, 3.8) is 0 Å². The van der Waals surface area contributed by atoms with Crippen molar-refractivity contribution in [3.05, 3.63) is 552 Å². The maximum absolute atomic E-state index is 4.87. The van der Waals surface area contributed by atoms with Crippen LogP contribution in [0.25, 0.3) is 134 Å². The molecule has 0 aliphatic rings. The Hall–Kier alpha value is -14.8. The Kier molecular flexibility index (Phi) is 21.1. The second kappa shape index (κ2) is 34.0. The Balaban J connectivity index is 0.820. The molecule has 20 rings (SSSR count). The molecule has 0 unspecified atom stereocenters. The van der Waals surface area contributed by atoms with Crippen molar-refractivity contribution in [1.82, 2.24) is 0 Å². The Morgan fingerprint density at radius 3 is 0.488 bits per heavy atom. The molecule has 0 heterocycles. The summed E-state index contributed by atoms with van der Waals surface area (Å²) in [6.07, 6.45) is 9.66. The first-order chi connectivity index (χ1) is 59.9. The molecule has 0 N–H and O–H groups in total. The average molecular weight is 1640 g/mol. The topological polar surface area (TPSA) is 0 Å². The van der Waals surface area contributed by atoms with Gasteiger partial charge in [-0.15, -0.1) is 0 Å². The zero-order valence-electron chi connectivity index (χ0n) is 67.0. The van der Waals surface area contributed by atoms with Gasteiger partial charge in [0.15, 0.2) is 0 Å². The van der Waals surface area contributed by atoms with Crippen molar-refractivity contribution in [2.24, 2.45) is 0 Å². The second-order valence-corrected chi connectivity index (χ2v) is 42.2. The van der Waals surface area contributed by atoms with Crippen LogP contribution in [-0.2, 0) is 0 Å². The van der Waals surface area contributed by atoms with Crippen LogP contribution in [0.15, 0.2) is 485 Å². The normalized spacial score (nSPS) is 12.6. The Morgan fingerprint density at radius 2 is 0.289 bits per heavy atom. The summed E-state index contributed by atoms with van der Waals surface area (Å²) < 4.78 is 5.29. The molecule has 0 bridgehead atoms.